The lowest BCUT2D eigenvalue weighted by atomic mass is 10.3. The van der Waals surface area contributed by atoms with Gasteiger partial charge in [-0.25, -0.2) is 9.97 Å². The minimum Gasteiger partial charge on any atom is -0.314 e. The van der Waals surface area contributed by atoms with Gasteiger partial charge in [-0.15, -0.1) is 5.10 Å². The molecular formula is C13H18ClN5. The van der Waals surface area contributed by atoms with E-state index in [0.717, 1.165) is 36.0 Å². The second-order valence-corrected chi connectivity index (χ2v) is 4.60. The molecule has 19 heavy (non-hydrogen) atoms. The van der Waals surface area contributed by atoms with E-state index in [9.17, 15) is 0 Å². The van der Waals surface area contributed by atoms with Gasteiger partial charge in [-0.1, -0.05) is 25.4 Å². The van der Waals surface area contributed by atoms with Gasteiger partial charge in [0.15, 0.2) is 11.6 Å². The molecule has 1 N–H and O–H groups in total. The maximum atomic E-state index is 6.12. The van der Waals surface area contributed by atoms with Gasteiger partial charge in [0.1, 0.15) is 5.82 Å². The molecule has 102 valence electrons. The third-order valence-electron chi connectivity index (χ3n) is 2.82. The number of rotatable bonds is 5. The SMILES string of the molecule is CCc1nc(CC)n(-c2ccc(Cl)c(CNC)n2)n1. The van der Waals surface area contributed by atoms with E-state index in [1.165, 1.54) is 0 Å². The Morgan fingerprint density at radius 3 is 2.63 bits per heavy atom. The van der Waals surface area contributed by atoms with Crippen molar-refractivity contribution in [2.75, 3.05) is 7.05 Å². The summed E-state index contributed by atoms with van der Waals surface area (Å²) in [5.74, 6) is 2.52. The quantitative estimate of drug-likeness (QED) is 0.911. The standard InChI is InChI=1S/C13H18ClN5/c1-4-11-17-12(5-2)19(18-11)13-7-6-9(14)10(16-13)8-15-3/h6-7,15H,4-5,8H2,1-3H3. The zero-order valence-corrected chi connectivity index (χ0v) is 12.2. The Bertz CT molecular complexity index is 564. The number of nitrogens with one attached hydrogen (secondary N) is 1. The van der Waals surface area contributed by atoms with Crippen molar-refractivity contribution in [3.63, 3.8) is 0 Å². The summed E-state index contributed by atoms with van der Waals surface area (Å²) in [7, 11) is 1.87. The molecule has 0 fully saturated rings. The van der Waals surface area contributed by atoms with Crippen LogP contribution in [0.4, 0.5) is 0 Å². The Morgan fingerprint density at radius 1 is 1.21 bits per heavy atom. The molecule has 0 radical (unpaired) electrons. The Labute approximate surface area is 118 Å². The zero-order chi connectivity index (χ0) is 13.8. The molecule has 0 aliphatic heterocycles. The lowest BCUT2D eigenvalue weighted by Gasteiger charge is -2.07. The van der Waals surface area contributed by atoms with Crippen molar-refractivity contribution in [3.8, 4) is 5.82 Å². The van der Waals surface area contributed by atoms with E-state index in [1.54, 1.807) is 4.68 Å². The molecule has 0 saturated carbocycles. The van der Waals surface area contributed by atoms with Gasteiger partial charge >= 0.3 is 0 Å². The molecule has 2 aromatic heterocycles. The van der Waals surface area contributed by atoms with Crippen molar-refractivity contribution in [2.24, 2.45) is 0 Å². The number of nitrogens with zero attached hydrogens (tertiary/aromatic N) is 4. The molecule has 5 nitrogen and oxygen atoms in total. The smallest absolute Gasteiger partial charge is 0.155 e. The first-order valence-corrected chi connectivity index (χ1v) is 6.82. The topological polar surface area (TPSA) is 55.6 Å². The molecule has 2 aromatic rings. The molecule has 0 saturated heterocycles. The van der Waals surface area contributed by atoms with Crippen LogP contribution in [0, 0.1) is 0 Å². The first kappa shape index (κ1) is 14.0. The highest BCUT2D eigenvalue weighted by molar-refractivity contribution is 6.31. The Morgan fingerprint density at radius 2 is 2.00 bits per heavy atom. The molecule has 0 aromatic carbocycles. The fraction of sp³-hybridized carbons (Fsp3) is 0.462. The van der Waals surface area contributed by atoms with E-state index in [-0.39, 0.29) is 0 Å². The van der Waals surface area contributed by atoms with Crippen molar-refractivity contribution in [3.05, 3.63) is 34.5 Å². The number of aromatic nitrogens is 4. The summed E-state index contributed by atoms with van der Waals surface area (Å²) < 4.78 is 1.80. The van der Waals surface area contributed by atoms with Crippen molar-refractivity contribution in [2.45, 2.75) is 33.2 Å². The van der Waals surface area contributed by atoms with Gasteiger partial charge in [0.2, 0.25) is 0 Å². The average molecular weight is 280 g/mol. The Hall–Kier alpha value is -1.46. The van der Waals surface area contributed by atoms with Crippen LogP contribution < -0.4 is 5.32 Å². The predicted molar refractivity (Wildman–Crippen MR) is 75.7 cm³/mol. The van der Waals surface area contributed by atoms with E-state index in [1.807, 2.05) is 26.1 Å². The highest BCUT2D eigenvalue weighted by Gasteiger charge is 2.11. The minimum atomic E-state index is 0.628. The van der Waals surface area contributed by atoms with Crippen LogP contribution in [-0.4, -0.2) is 26.8 Å². The molecule has 0 aliphatic rings. The molecule has 0 amide bonds. The molecule has 0 spiro atoms. The summed E-state index contributed by atoms with van der Waals surface area (Å²) in [5.41, 5.74) is 0.817. The molecular weight excluding hydrogens is 262 g/mol. The lowest BCUT2D eigenvalue weighted by molar-refractivity contribution is 0.742. The summed E-state index contributed by atoms with van der Waals surface area (Å²) in [4.78, 5) is 9.04. The lowest BCUT2D eigenvalue weighted by Crippen LogP contribution is -2.11. The highest BCUT2D eigenvalue weighted by atomic mass is 35.5. The number of hydrogen-bond donors (Lipinski definition) is 1. The van der Waals surface area contributed by atoms with Gasteiger partial charge in [-0.2, -0.15) is 4.68 Å². The molecule has 0 bridgehead atoms. The summed E-state index contributed by atoms with van der Waals surface area (Å²) in [5, 5.41) is 8.20. The number of pyridine rings is 1. The summed E-state index contributed by atoms with van der Waals surface area (Å²) in [6.45, 7) is 4.73. The molecule has 0 unspecified atom stereocenters. The summed E-state index contributed by atoms with van der Waals surface area (Å²) >= 11 is 6.12. The number of aryl methyl sites for hydroxylation is 2. The fourth-order valence-corrected chi connectivity index (χ4v) is 2.01. The molecule has 2 heterocycles. The van der Waals surface area contributed by atoms with Crippen LogP contribution in [0.3, 0.4) is 0 Å². The van der Waals surface area contributed by atoms with Crippen molar-refractivity contribution < 1.29 is 0 Å². The van der Waals surface area contributed by atoms with Gasteiger partial charge in [0.25, 0.3) is 0 Å². The molecule has 0 atom stereocenters. The van der Waals surface area contributed by atoms with Crippen LogP contribution in [0.5, 0.6) is 0 Å². The van der Waals surface area contributed by atoms with Gasteiger partial charge in [-0.3, -0.25) is 0 Å². The van der Waals surface area contributed by atoms with Crippen LogP contribution in [0.1, 0.15) is 31.2 Å². The monoisotopic (exact) mass is 279 g/mol. The molecule has 6 heteroatoms. The molecule has 2 rings (SSSR count). The highest BCUT2D eigenvalue weighted by Crippen LogP contribution is 2.17. The maximum Gasteiger partial charge on any atom is 0.155 e. The van der Waals surface area contributed by atoms with Crippen molar-refractivity contribution in [1.82, 2.24) is 25.1 Å². The van der Waals surface area contributed by atoms with E-state index in [4.69, 9.17) is 11.6 Å². The van der Waals surface area contributed by atoms with Gasteiger partial charge in [0.05, 0.1) is 10.7 Å². The average Bonchev–Trinajstić information content (AvgIpc) is 2.85. The van der Waals surface area contributed by atoms with E-state index >= 15 is 0 Å². The van der Waals surface area contributed by atoms with E-state index < -0.39 is 0 Å². The van der Waals surface area contributed by atoms with Crippen LogP contribution in [0.2, 0.25) is 5.02 Å². The largest absolute Gasteiger partial charge is 0.314 e. The first-order chi connectivity index (χ1) is 9.19. The second-order valence-electron chi connectivity index (χ2n) is 4.19. The molecule has 0 aliphatic carbocycles. The van der Waals surface area contributed by atoms with E-state index in [2.05, 4.69) is 27.3 Å². The predicted octanol–water partition coefficient (Wildman–Crippen LogP) is 2.16. The summed E-state index contributed by atoms with van der Waals surface area (Å²) in [6, 6.07) is 3.72. The van der Waals surface area contributed by atoms with Crippen LogP contribution >= 0.6 is 11.6 Å². The number of halogens is 1. The third kappa shape index (κ3) is 2.93. The number of hydrogen-bond acceptors (Lipinski definition) is 4. The fourth-order valence-electron chi connectivity index (χ4n) is 1.84. The van der Waals surface area contributed by atoms with Gasteiger partial charge in [-0.05, 0) is 19.2 Å². The first-order valence-electron chi connectivity index (χ1n) is 6.44. The Balaban J connectivity index is 2.46. The van der Waals surface area contributed by atoms with Crippen molar-refractivity contribution >= 4 is 11.6 Å². The van der Waals surface area contributed by atoms with E-state index in [0.29, 0.717) is 11.6 Å². The van der Waals surface area contributed by atoms with Gasteiger partial charge < -0.3 is 5.32 Å². The minimum absolute atomic E-state index is 0.628. The van der Waals surface area contributed by atoms with Crippen molar-refractivity contribution in [1.29, 1.82) is 0 Å². The normalized spacial score (nSPS) is 10.9. The Kier molecular flexibility index (Phi) is 4.50. The summed E-state index contributed by atoms with van der Waals surface area (Å²) in [6.07, 6.45) is 1.63. The van der Waals surface area contributed by atoms with Crippen LogP contribution in [0.15, 0.2) is 12.1 Å². The maximum absolute atomic E-state index is 6.12. The van der Waals surface area contributed by atoms with Crippen LogP contribution in [-0.2, 0) is 19.4 Å². The third-order valence-corrected chi connectivity index (χ3v) is 3.16. The zero-order valence-electron chi connectivity index (χ0n) is 11.4. The van der Waals surface area contributed by atoms with Gasteiger partial charge in [0, 0.05) is 19.4 Å². The second kappa shape index (κ2) is 6.12. The van der Waals surface area contributed by atoms with Crippen LogP contribution in [0.25, 0.3) is 5.82 Å².